The van der Waals surface area contributed by atoms with Gasteiger partial charge in [0.2, 0.25) is 5.91 Å². The van der Waals surface area contributed by atoms with Gasteiger partial charge < -0.3 is 10.1 Å². The molecule has 0 bridgehead atoms. The van der Waals surface area contributed by atoms with Crippen LogP contribution in [0.5, 0.6) is 5.75 Å². The summed E-state index contributed by atoms with van der Waals surface area (Å²) in [6.45, 7) is 5.31. The van der Waals surface area contributed by atoms with E-state index in [0.29, 0.717) is 0 Å². The van der Waals surface area contributed by atoms with E-state index in [-0.39, 0.29) is 24.2 Å². The average molecular weight is 263 g/mol. The number of methoxy groups -OCH3 is 1. The summed E-state index contributed by atoms with van der Waals surface area (Å²) in [6.07, 6.45) is 0.180. The molecule has 4 heteroatoms. The number of Topliss-reactive ketones (excluding diaryl/α,β-unsaturated/α-hetero) is 1. The molecule has 1 aromatic carbocycles. The summed E-state index contributed by atoms with van der Waals surface area (Å²) in [7, 11) is 1.59. The Kier molecular flexibility index (Phi) is 5.55. The first-order chi connectivity index (χ1) is 8.93. The molecule has 1 amide bonds. The van der Waals surface area contributed by atoms with Crippen molar-refractivity contribution in [3.8, 4) is 5.75 Å². The lowest BCUT2D eigenvalue weighted by atomic mass is 9.92. The minimum atomic E-state index is -0.398. The number of ether oxygens (including phenoxy) is 1. The average Bonchev–Trinajstić information content (AvgIpc) is 2.35. The van der Waals surface area contributed by atoms with E-state index in [2.05, 4.69) is 5.32 Å². The molecule has 0 fully saturated rings. The Morgan fingerprint density at radius 2 is 1.79 bits per heavy atom. The van der Waals surface area contributed by atoms with Gasteiger partial charge in [-0.2, -0.15) is 0 Å². The third kappa shape index (κ3) is 4.73. The second-order valence-corrected chi connectivity index (χ2v) is 4.86. The van der Waals surface area contributed by atoms with Crippen LogP contribution < -0.4 is 10.1 Å². The summed E-state index contributed by atoms with van der Waals surface area (Å²) in [5.74, 6) is 0.220. The molecule has 1 rings (SSSR count). The van der Waals surface area contributed by atoms with Gasteiger partial charge in [0.15, 0.2) is 0 Å². The van der Waals surface area contributed by atoms with Crippen LogP contribution >= 0.6 is 0 Å². The van der Waals surface area contributed by atoms with Crippen molar-refractivity contribution in [2.24, 2.45) is 0 Å². The topological polar surface area (TPSA) is 55.4 Å². The lowest BCUT2D eigenvalue weighted by molar-refractivity contribution is -0.126. The van der Waals surface area contributed by atoms with E-state index >= 15 is 0 Å². The fourth-order valence-corrected chi connectivity index (χ4v) is 1.90. The first-order valence-electron chi connectivity index (χ1n) is 6.37. The second kappa shape index (κ2) is 6.92. The van der Waals surface area contributed by atoms with Gasteiger partial charge in [0.05, 0.1) is 13.0 Å². The van der Waals surface area contributed by atoms with E-state index in [4.69, 9.17) is 4.74 Å². The molecule has 0 aliphatic carbocycles. The van der Waals surface area contributed by atoms with E-state index in [1.165, 1.54) is 6.92 Å². The Bertz CT molecular complexity index is 437. The maximum absolute atomic E-state index is 11.8. The van der Waals surface area contributed by atoms with E-state index in [1.807, 2.05) is 26.0 Å². The molecule has 1 N–H and O–H groups in total. The molecule has 0 saturated carbocycles. The van der Waals surface area contributed by atoms with Crippen molar-refractivity contribution in [3.05, 3.63) is 29.8 Å². The largest absolute Gasteiger partial charge is 0.497 e. The van der Waals surface area contributed by atoms with Crippen LogP contribution in [-0.2, 0) is 9.59 Å². The second-order valence-electron chi connectivity index (χ2n) is 4.86. The minimum absolute atomic E-state index is 0.0101. The highest BCUT2D eigenvalue weighted by Gasteiger charge is 2.20. The van der Waals surface area contributed by atoms with E-state index in [9.17, 15) is 9.59 Å². The van der Waals surface area contributed by atoms with Crippen LogP contribution in [0.3, 0.4) is 0 Å². The Balaban J connectivity index is 2.82. The molecule has 0 aliphatic rings. The fraction of sp³-hybridized carbons (Fsp3) is 0.467. The smallest absolute Gasteiger partial charge is 0.221 e. The maximum atomic E-state index is 11.8. The monoisotopic (exact) mass is 263 g/mol. The van der Waals surface area contributed by atoms with E-state index in [1.54, 1.807) is 19.2 Å². The van der Waals surface area contributed by atoms with Gasteiger partial charge in [0.25, 0.3) is 0 Å². The number of nitrogens with one attached hydrogen (secondary N) is 1. The van der Waals surface area contributed by atoms with Crippen molar-refractivity contribution < 1.29 is 14.3 Å². The summed E-state index contributed by atoms with van der Waals surface area (Å²) < 4.78 is 5.08. The molecule has 0 aliphatic heterocycles. The van der Waals surface area contributed by atoms with Crippen molar-refractivity contribution in [2.75, 3.05) is 7.11 Å². The van der Waals surface area contributed by atoms with E-state index in [0.717, 1.165) is 11.3 Å². The van der Waals surface area contributed by atoms with Gasteiger partial charge in [-0.15, -0.1) is 0 Å². The number of hydrogen-bond acceptors (Lipinski definition) is 3. The molecule has 0 saturated heterocycles. The molecule has 0 radical (unpaired) electrons. The highest BCUT2D eigenvalue weighted by molar-refractivity contribution is 5.89. The van der Waals surface area contributed by atoms with Crippen molar-refractivity contribution in [2.45, 2.75) is 39.2 Å². The van der Waals surface area contributed by atoms with Gasteiger partial charge in [-0.1, -0.05) is 12.1 Å². The lowest BCUT2D eigenvalue weighted by Gasteiger charge is -2.16. The van der Waals surface area contributed by atoms with Crippen LogP contribution in [0.4, 0.5) is 0 Å². The summed E-state index contributed by atoms with van der Waals surface area (Å²) in [6, 6.07) is 7.33. The fourth-order valence-electron chi connectivity index (χ4n) is 1.90. The number of amides is 1. The number of hydrogen-bond donors (Lipinski definition) is 1. The molecule has 0 aromatic heterocycles. The Hall–Kier alpha value is -1.84. The number of ketones is 1. The highest BCUT2D eigenvalue weighted by Crippen LogP contribution is 2.23. The predicted molar refractivity (Wildman–Crippen MR) is 74.3 cm³/mol. The number of carbonyl (C=O) groups is 2. The maximum Gasteiger partial charge on any atom is 0.221 e. The molecule has 1 unspecified atom stereocenters. The van der Waals surface area contributed by atoms with Gasteiger partial charge in [-0.25, -0.2) is 0 Å². The predicted octanol–water partition coefficient (Wildman–Crippen LogP) is 2.28. The molecule has 0 heterocycles. The molecule has 0 spiro atoms. The number of benzene rings is 1. The molecule has 1 aromatic rings. The zero-order valence-corrected chi connectivity index (χ0v) is 11.9. The van der Waals surface area contributed by atoms with Crippen LogP contribution in [0, 0.1) is 0 Å². The Morgan fingerprint density at radius 1 is 1.21 bits per heavy atom. The van der Waals surface area contributed by atoms with Gasteiger partial charge in [0.1, 0.15) is 11.5 Å². The zero-order valence-electron chi connectivity index (χ0n) is 11.9. The van der Waals surface area contributed by atoms with Crippen LogP contribution in [-0.4, -0.2) is 24.8 Å². The normalized spacial score (nSPS) is 12.1. The number of rotatable bonds is 6. The van der Waals surface area contributed by atoms with Crippen molar-refractivity contribution in [3.63, 3.8) is 0 Å². The van der Waals surface area contributed by atoms with Crippen LogP contribution in [0.15, 0.2) is 24.3 Å². The third-order valence-corrected chi connectivity index (χ3v) is 2.85. The van der Waals surface area contributed by atoms with E-state index < -0.39 is 5.92 Å². The van der Waals surface area contributed by atoms with Crippen LogP contribution in [0.25, 0.3) is 0 Å². The standard InChI is InChI=1S/C15H21NO3/c1-10(2)16-15(18)9-14(11(3)17)12-5-7-13(19-4)8-6-12/h5-8,10,14H,9H2,1-4H3,(H,16,18). The minimum Gasteiger partial charge on any atom is -0.497 e. The summed E-state index contributed by atoms with van der Waals surface area (Å²) >= 11 is 0. The van der Waals surface area contributed by atoms with Crippen LogP contribution in [0.2, 0.25) is 0 Å². The molecular weight excluding hydrogens is 242 g/mol. The van der Waals surface area contributed by atoms with Gasteiger partial charge >= 0.3 is 0 Å². The Morgan fingerprint density at radius 3 is 2.21 bits per heavy atom. The molecule has 104 valence electrons. The molecule has 19 heavy (non-hydrogen) atoms. The zero-order chi connectivity index (χ0) is 14.4. The van der Waals surface area contributed by atoms with Gasteiger partial charge in [-0.3, -0.25) is 9.59 Å². The summed E-state index contributed by atoms with van der Waals surface area (Å²) in [5, 5.41) is 2.80. The first-order valence-corrected chi connectivity index (χ1v) is 6.37. The number of carbonyl (C=O) groups excluding carboxylic acids is 2. The molecule has 4 nitrogen and oxygen atoms in total. The van der Waals surface area contributed by atoms with Gasteiger partial charge in [-0.05, 0) is 38.5 Å². The van der Waals surface area contributed by atoms with Gasteiger partial charge in [0, 0.05) is 12.5 Å². The SMILES string of the molecule is COc1ccc(C(CC(=O)NC(C)C)C(C)=O)cc1. The first kappa shape index (κ1) is 15.2. The molecular formula is C15H21NO3. The lowest BCUT2D eigenvalue weighted by Crippen LogP contribution is -2.32. The summed E-state index contributed by atoms with van der Waals surface area (Å²) in [5.41, 5.74) is 0.840. The molecule has 1 atom stereocenters. The quantitative estimate of drug-likeness (QED) is 0.856. The van der Waals surface area contributed by atoms with Crippen LogP contribution in [0.1, 0.15) is 38.7 Å². The van der Waals surface area contributed by atoms with Crippen molar-refractivity contribution >= 4 is 11.7 Å². The third-order valence-electron chi connectivity index (χ3n) is 2.85. The highest BCUT2D eigenvalue weighted by atomic mass is 16.5. The van der Waals surface area contributed by atoms with Crippen molar-refractivity contribution in [1.29, 1.82) is 0 Å². The summed E-state index contributed by atoms with van der Waals surface area (Å²) in [4.78, 5) is 23.5. The van der Waals surface area contributed by atoms with Crippen molar-refractivity contribution in [1.82, 2.24) is 5.32 Å². The Labute approximate surface area is 114 Å².